The molecule has 0 spiro atoms. The topological polar surface area (TPSA) is 69.7 Å². The minimum atomic E-state index is -0.891. The number of carbonyl (C=O) groups is 3. The zero-order valence-corrected chi connectivity index (χ0v) is 16.0. The van der Waals surface area contributed by atoms with Crippen molar-refractivity contribution in [1.29, 1.82) is 0 Å². The Morgan fingerprint density at radius 3 is 2.72 bits per heavy atom. The molecule has 2 heterocycles. The monoisotopic (exact) mass is 365 g/mol. The quantitative estimate of drug-likeness (QED) is 0.540. The van der Waals surface area contributed by atoms with E-state index in [1.54, 1.807) is 30.2 Å². The van der Waals surface area contributed by atoms with Gasteiger partial charge in [-0.25, -0.2) is 4.79 Å². The number of hydrogen-bond donors (Lipinski definition) is 1. The molecule has 6 nitrogen and oxygen atoms in total. The molecule has 7 heteroatoms. The van der Waals surface area contributed by atoms with Gasteiger partial charge in [0, 0.05) is 11.9 Å². The van der Waals surface area contributed by atoms with Crippen LogP contribution in [0.25, 0.3) is 0 Å². The minimum Gasteiger partial charge on any atom is -0.339 e. The lowest BCUT2D eigenvalue weighted by Crippen LogP contribution is -2.45. The zero-order chi connectivity index (χ0) is 18.4. The Bertz CT molecular complexity index is 617. The largest absolute Gasteiger partial charge is 0.339 e. The summed E-state index contributed by atoms with van der Waals surface area (Å²) >= 11 is 1.57. The van der Waals surface area contributed by atoms with E-state index in [0.29, 0.717) is 13.0 Å². The molecule has 1 aliphatic heterocycles. The fourth-order valence-electron chi connectivity index (χ4n) is 2.95. The van der Waals surface area contributed by atoms with E-state index >= 15 is 0 Å². The lowest BCUT2D eigenvalue weighted by molar-refractivity contribution is -0.138. The molecule has 4 amide bonds. The van der Waals surface area contributed by atoms with Crippen LogP contribution >= 0.6 is 11.3 Å². The number of hydrogen-bond acceptors (Lipinski definition) is 4. The average Bonchev–Trinajstić information content (AvgIpc) is 3.14. The highest BCUT2D eigenvalue weighted by Crippen LogP contribution is 2.24. The van der Waals surface area contributed by atoms with Gasteiger partial charge in [0.1, 0.15) is 12.1 Å². The maximum Gasteiger partial charge on any atom is 0.325 e. The summed E-state index contributed by atoms with van der Waals surface area (Å²) in [6.45, 7) is 4.15. The summed E-state index contributed by atoms with van der Waals surface area (Å²) in [5, 5.41) is 4.72. The molecule has 1 saturated heterocycles. The van der Waals surface area contributed by atoms with Crippen molar-refractivity contribution in [3.8, 4) is 0 Å². The van der Waals surface area contributed by atoms with Crippen LogP contribution in [-0.2, 0) is 16.1 Å². The molecule has 138 valence electrons. The summed E-state index contributed by atoms with van der Waals surface area (Å²) < 4.78 is 0. The van der Waals surface area contributed by atoms with Gasteiger partial charge in [-0.15, -0.1) is 11.3 Å². The molecule has 0 saturated carbocycles. The number of thiophene rings is 1. The fraction of sp³-hybridized carbons (Fsp3) is 0.611. The van der Waals surface area contributed by atoms with Crippen LogP contribution in [-0.4, -0.2) is 46.8 Å². The Hall–Kier alpha value is -1.89. The van der Waals surface area contributed by atoms with Crippen molar-refractivity contribution in [3.05, 3.63) is 22.4 Å². The first-order valence-corrected chi connectivity index (χ1v) is 9.66. The first-order valence-electron chi connectivity index (χ1n) is 8.78. The maximum absolute atomic E-state index is 12.7. The predicted octanol–water partition coefficient (Wildman–Crippen LogP) is 2.99. The van der Waals surface area contributed by atoms with Crippen LogP contribution in [0.15, 0.2) is 17.5 Å². The molecule has 25 heavy (non-hydrogen) atoms. The van der Waals surface area contributed by atoms with Gasteiger partial charge in [-0.1, -0.05) is 38.7 Å². The van der Waals surface area contributed by atoms with E-state index in [1.807, 2.05) is 17.5 Å². The third-order valence-electron chi connectivity index (χ3n) is 4.57. The first kappa shape index (κ1) is 19.4. The number of rotatable bonds is 9. The van der Waals surface area contributed by atoms with E-state index in [-0.39, 0.29) is 18.4 Å². The standard InChI is InChI=1S/C18H27N3O3S/c1-4-5-6-7-10-18(2)16(23)21(17(24)19-18)13-15(22)20(3)12-14-9-8-11-25-14/h8-9,11H,4-7,10,12-13H2,1-3H3,(H,19,24). The number of amides is 4. The summed E-state index contributed by atoms with van der Waals surface area (Å²) in [5.41, 5.74) is -0.891. The van der Waals surface area contributed by atoms with Gasteiger partial charge in [0.15, 0.2) is 0 Å². The van der Waals surface area contributed by atoms with Gasteiger partial charge in [0.05, 0.1) is 6.54 Å². The van der Waals surface area contributed by atoms with E-state index in [4.69, 9.17) is 0 Å². The molecule has 1 fully saturated rings. The smallest absolute Gasteiger partial charge is 0.325 e. The number of carbonyl (C=O) groups excluding carboxylic acids is 3. The Morgan fingerprint density at radius 1 is 1.32 bits per heavy atom. The number of likely N-dealkylation sites (N-methyl/N-ethyl adjacent to an activating group) is 1. The van der Waals surface area contributed by atoms with E-state index in [2.05, 4.69) is 12.2 Å². The van der Waals surface area contributed by atoms with Gasteiger partial charge >= 0.3 is 6.03 Å². The zero-order valence-electron chi connectivity index (χ0n) is 15.2. The molecule has 1 atom stereocenters. The van der Waals surface area contributed by atoms with E-state index in [9.17, 15) is 14.4 Å². The van der Waals surface area contributed by atoms with Crippen LogP contribution in [0.1, 0.15) is 50.8 Å². The van der Waals surface area contributed by atoms with Crippen molar-refractivity contribution < 1.29 is 14.4 Å². The van der Waals surface area contributed by atoms with E-state index < -0.39 is 11.6 Å². The SMILES string of the molecule is CCCCCCC1(C)NC(=O)N(CC(=O)N(C)Cc2cccs2)C1=O. The summed E-state index contributed by atoms with van der Waals surface area (Å²) in [6.07, 6.45) is 4.77. The van der Waals surface area contributed by atoms with Gasteiger partial charge in [0.25, 0.3) is 5.91 Å². The Labute approximate surface area is 153 Å². The minimum absolute atomic E-state index is 0.211. The Balaban J connectivity index is 1.91. The maximum atomic E-state index is 12.7. The molecular weight excluding hydrogens is 338 g/mol. The molecule has 0 radical (unpaired) electrons. The Kier molecular flexibility index (Phi) is 6.58. The number of unbranched alkanes of at least 4 members (excludes halogenated alkanes) is 3. The second-order valence-electron chi connectivity index (χ2n) is 6.79. The molecule has 0 aromatic carbocycles. The normalized spacial score (nSPS) is 20.0. The van der Waals surface area contributed by atoms with Crippen LogP contribution in [0.2, 0.25) is 0 Å². The number of imide groups is 1. The number of nitrogens with one attached hydrogen (secondary N) is 1. The molecule has 1 aromatic heterocycles. The van der Waals surface area contributed by atoms with Crippen molar-refractivity contribution in [2.24, 2.45) is 0 Å². The number of urea groups is 1. The summed E-state index contributed by atoms with van der Waals surface area (Å²) in [6, 6.07) is 3.41. The van der Waals surface area contributed by atoms with E-state index in [1.165, 1.54) is 0 Å². The molecule has 1 aromatic rings. The molecule has 0 bridgehead atoms. The third-order valence-corrected chi connectivity index (χ3v) is 5.43. The van der Waals surface area contributed by atoms with Crippen LogP contribution in [0.3, 0.4) is 0 Å². The molecule has 2 rings (SSSR count). The van der Waals surface area contributed by atoms with Crippen LogP contribution < -0.4 is 5.32 Å². The summed E-state index contributed by atoms with van der Waals surface area (Å²) in [4.78, 5) is 40.9. The van der Waals surface area contributed by atoms with Gasteiger partial charge in [-0.05, 0) is 24.8 Å². The van der Waals surface area contributed by atoms with Crippen molar-refractivity contribution in [2.45, 2.75) is 58.0 Å². The van der Waals surface area contributed by atoms with Crippen molar-refractivity contribution >= 4 is 29.2 Å². The predicted molar refractivity (Wildman–Crippen MR) is 98.2 cm³/mol. The van der Waals surface area contributed by atoms with Crippen LogP contribution in [0, 0.1) is 0 Å². The second-order valence-corrected chi connectivity index (χ2v) is 7.83. The fourth-order valence-corrected chi connectivity index (χ4v) is 3.70. The van der Waals surface area contributed by atoms with Crippen LogP contribution in [0.4, 0.5) is 4.79 Å². The molecule has 1 unspecified atom stereocenters. The summed E-state index contributed by atoms with van der Waals surface area (Å²) in [7, 11) is 1.68. The highest BCUT2D eigenvalue weighted by Gasteiger charge is 2.47. The van der Waals surface area contributed by atoms with Crippen molar-refractivity contribution in [3.63, 3.8) is 0 Å². The van der Waals surface area contributed by atoms with Crippen LogP contribution in [0.5, 0.6) is 0 Å². The molecular formula is C18H27N3O3S. The molecule has 1 N–H and O–H groups in total. The van der Waals surface area contributed by atoms with E-state index in [0.717, 1.165) is 35.5 Å². The summed E-state index contributed by atoms with van der Waals surface area (Å²) in [5.74, 6) is -0.543. The first-order chi connectivity index (χ1) is 11.9. The highest BCUT2D eigenvalue weighted by atomic mass is 32.1. The Morgan fingerprint density at radius 2 is 2.08 bits per heavy atom. The van der Waals surface area contributed by atoms with Crippen molar-refractivity contribution in [2.75, 3.05) is 13.6 Å². The lowest BCUT2D eigenvalue weighted by atomic mass is 9.94. The lowest BCUT2D eigenvalue weighted by Gasteiger charge is -2.22. The number of nitrogens with zero attached hydrogens (tertiary/aromatic N) is 2. The second kappa shape index (κ2) is 8.47. The van der Waals surface area contributed by atoms with Gasteiger partial charge in [0.2, 0.25) is 5.91 Å². The third kappa shape index (κ3) is 4.81. The molecule has 1 aliphatic rings. The van der Waals surface area contributed by atoms with Crippen molar-refractivity contribution in [1.82, 2.24) is 15.1 Å². The van der Waals surface area contributed by atoms with Gasteiger partial charge in [-0.3, -0.25) is 14.5 Å². The van der Waals surface area contributed by atoms with Gasteiger partial charge < -0.3 is 10.2 Å². The molecule has 0 aliphatic carbocycles. The van der Waals surface area contributed by atoms with Gasteiger partial charge in [-0.2, -0.15) is 0 Å². The average molecular weight is 365 g/mol. The highest BCUT2D eigenvalue weighted by molar-refractivity contribution is 7.09.